The summed E-state index contributed by atoms with van der Waals surface area (Å²) in [6.07, 6.45) is 0. The van der Waals surface area contributed by atoms with Crippen molar-refractivity contribution < 1.29 is 9.90 Å². The Hall–Kier alpha value is -1.31. The molecule has 20 heavy (non-hydrogen) atoms. The molecule has 1 unspecified atom stereocenters. The minimum absolute atomic E-state index is 0.448. The van der Waals surface area contributed by atoms with E-state index in [4.69, 9.17) is 0 Å². The Labute approximate surface area is 129 Å². The second-order valence-corrected chi connectivity index (χ2v) is 6.51. The molecule has 0 spiro atoms. The van der Waals surface area contributed by atoms with Gasteiger partial charge in [-0.25, -0.2) is 0 Å². The lowest BCUT2D eigenvalue weighted by Crippen LogP contribution is -2.30. The van der Waals surface area contributed by atoms with Gasteiger partial charge in [0.25, 0.3) is 0 Å². The van der Waals surface area contributed by atoms with Crippen molar-refractivity contribution in [2.24, 2.45) is 0 Å². The number of benzene rings is 1. The third kappa shape index (κ3) is 3.41. The van der Waals surface area contributed by atoms with Gasteiger partial charge in [0.1, 0.15) is 16.1 Å². The zero-order valence-electron chi connectivity index (χ0n) is 11.1. The molecule has 0 radical (unpaired) electrons. The van der Waals surface area contributed by atoms with Crippen molar-refractivity contribution in [3.05, 3.63) is 44.3 Å². The van der Waals surface area contributed by atoms with Crippen molar-refractivity contribution in [1.82, 2.24) is 15.1 Å². The van der Waals surface area contributed by atoms with Crippen LogP contribution in [0.4, 0.5) is 0 Å². The van der Waals surface area contributed by atoms with Crippen LogP contribution in [0.2, 0.25) is 0 Å². The highest BCUT2D eigenvalue weighted by Crippen LogP contribution is 2.28. The van der Waals surface area contributed by atoms with Crippen LogP contribution >= 0.6 is 27.3 Å². The maximum Gasteiger partial charge on any atom is 0.325 e. The third-order valence-corrected chi connectivity index (χ3v) is 4.37. The number of aromatic nitrogens is 2. The molecule has 106 valence electrons. The van der Waals surface area contributed by atoms with Gasteiger partial charge in [0.2, 0.25) is 0 Å². The minimum atomic E-state index is -0.888. The molecule has 5 nitrogen and oxygen atoms in total. The van der Waals surface area contributed by atoms with Gasteiger partial charge in [-0.15, -0.1) is 21.5 Å². The van der Waals surface area contributed by atoms with E-state index in [1.165, 1.54) is 11.3 Å². The van der Waals surface area contributed by atoms with E-state index in [1.54, 1.807) is 11.9 Å². The number of aryl methyl sites for hydroxylation is 1. The molecular formula is C13H14BrN3O2S. The zero-order valence-corrected chi connectivity index (χ0v) is 13.5. The fraction of sp³-hybridized carbons (Fsp3) is 0.308. The number of carbonyl (C=O) groups is 1. The maximum absolute atomic E-state index is 11.6. The molecule has 7 heteroatoms. The molecule has 0 saturated heterocycles. The van der Waals surface area contributed by atoms with Crippen LogP contribution in [0.25, 0.3) is 0 Å². The summed E-state index contributed by atoms with van der Waals surface area (Å²) in [7, 11) is 1.77. The molecule has 1 aromatic heterocycles. The number of hydrogen-bond acceptors (Lipinski definition) is 5. The Balaban J connectivity index is 2.25. The minimum Gasteiger partial charge on any atom is -0.480 e. The van der Waals surface area contributed by atoms with Gasteiger partial charge in [0, 0.05) is 4.47 Å². The lowest BCUT2D eigenvalue weighted by Gasteiger charge is -2.24. The predicted octanol–water partition coefficient (Wildman–Crippen LogP) is 2.87. The second-order valence-electron chi connectivity index (χ2n) is 4.39. The molecule has 0 amide bonds. The van der Waals surface area contributed by atoms with Gasteiger partial charge in [0.05, 0.1) is 6.54 Å². The highest BCUT2D eigenvalue weighted by atomic mass is 79.9. The number of aliphatic carboxylic acids is 1. The fourth-order valence-electron chi connectivity index (χ4n) is 1.96. The Morgan fingerprint density at radius 1 is 1.45 bits per heavy atom. The van der Waals surface area contributed by atoms with E-state index < -0.39 is 12.0 Å². The first-order valence-electron chi connectivity index (χ1n) is 5.95. The van der Waals surface area contributed by atoms with E-state index in [9.17, 15) is 9.90 Å². The van der Waals surface area contributed by atoms with Crippen molar-refractivity contribution in [3.8, 4) is 0 Å². The van der Waals surface area contributed by atoms with E-state index >= 15 is 0 Å². The molecule has 1 N–H and O–H groups in total. The largest absolute Gasteiger partial charge is 0.480 e. The molecule has 0 bridgehead atoms. The number of carboxylic acid groups (broad SMARTS) is 1. The molecule has 0 aliphatic carbocycles. The summed E-state index contributed by atoms with van der Waals surface area (Å²) in [5.41, 5.74) is 0.726. The molecule has 0 aliphatic rings. The summed E-state index contributed by atoms with van der Waals surface area (Å²) in [6, 6.07) is 6.62. The van der Waals surface area contributed by atoms with E-state index in [0.717, 1.165) is 20.1 Å². The molecule has 0 fully saturated rings. The van der Waals surface area contributed by atoms with Crippen molar-refractivity contribution in [2.45, 2.75) is 19.5 Å². The Bertz CT molecular complexity index is 617. The van der Waals surface area contributed by atoms with Crippen molar-refractivity contribution in [2.75, 3.05) is 7.05 Å². The van der Waals surface area contributed by atoms with Gasteiger partial charge in [-0.1, -0.05) is 34.1 Å². The Morgan fingerprint density at radius 2 is 2.15 bits per heavy atom. The van der Waals surface area contributed by atoms with Gasteiger partial charge < -0.3 is 5.11 Å². The van der Waals surface area contributed by atoms with Crippen LogP contribution in [0.5, 0.6) is 0 Å². The predicted molar refractivity (Wildman–Crippen MR) is 80.6 cm³/mol. The molecule has 2 rings (SSSR count). The van der Waals surface area contributed by atoms with Crippen LogP contribution in [0.1, 0.15) is 21.6 Å². The van der Waals surface area contributed by atoms with Gasteiger partial charge in [-0.05, 0) is 25.6 Å². The van der Waals surface area contributed by atoms with Crippen molar-refractivity contribution in [3.63, 3.8) is 0 Å². The van der Waals surface area contributed by atoms with Gasteiger partial charge in [-0.2, -0.15) is 0 Å². The molecule has 1 atom stereocenters. The van der Waals surface area contributed by atoms with Crippen LogP contribution in [0.15, 0.2) is 28.7 Å². The van der Waals surface area contributed by atoms with Crippen molar-refractivity contribution >= 4 is 33.2 Å². The first kappa shape index (κ1) is 15.1. The molecule has 0 aliphatic heterocycles. The number of nitrogens with zero attached hydrogens (tertiary/aromatic N) is 3. The molecule has 1 heterocycles. The Morgan fingerprint density at radius 3 is 2.70 bits per heavy atom. The SMILES string of the molecule is Cc1nnc(CN(C)C(C(=O)O)c2ccccc2Br)s1. The summed E-state index contributed by atoms with van der Waals surface area (Å²) < 4.78 is 0.785. The quantitative estimate of drug-likeness (QED) is 0.892. The highest BCUT2D eigenvalue weighted by Gasteiger charge is 2.27. The normalized spacial score (nSPS) is 12.6. The number of likely N-dealkylation sites (N-methyl/N-ethyl adjacent to an activating group) is 1. The first-order valence-corrected chi connectivity index (χ1v) is 7.56. The van der Waals surface area contributed by atoms with Crippen LogP contribution in [0, 0.1) is 6.92 Å². The van der Waals surface area contributed by atoms with Crippen LogP contribution in [-0.4, -0.2) is 33.2 Å². The highest BCUT2D eigenvalue weighted by molar-refractivity contribution is 9.10. The van der Waals surface area contributed by atoms with E-state index in [1.807, 2.05) is 31.2 Å². The summed E-state index contributed by atoms with van der Waals surface area (Å²) in [4.78, 5) is 13.3. The Kier molecular flexibility index (Phi) is 4.85. The topological polar surface area (TPSA) is 66.3 Å². The fourth-order valence-corrected chi connectivity index (χ4v) is 3.24. The zero-order chi connectivity index (χ0) is 14.7. The van der Waals surface area contributed by atoms with Crippen molar-refractivity contribution in [1.29, 1.82) is 0 Å². The number of halogens is 1. The monoisotopic (exact) mass is 355 g/mol. The number of rotatable bonds is 5. The molecule has 0 saturated carbocycles. The molecule has 1 aromatic carbocycles. The lowest BCUT2D eigenvalue weighted by molar-refractivity contribution is -0.143. The lowest BCUT2D eigenvalue weighted by atomic mass is 10.1. The average Bonchev–Trinajstić information content (AvgIpc) is 2.77. The standard InChI is InChI=1S/C13H14BrN3O2S/c1-8-15-16-11(20-8)7-17(2)12(13(18)19)9-5-3-4-6-10(9)14/h3-6,12H,7H2,1-2H3,(H,18,19). The van der Waals surface area contributed by atoms with Crippen LogP contribution in [-0.2, 0) is 11.3 Å². The summed E-state index contributed by atoms with van der Waals surface area (Å²) in [5.74, 6) is -0.888. The second kappa shape index (κ2) is 6.43. The number of carboxylic acids is 1. The van der Waals surface area contributed by atoms with Crippen LogP contribution in [0.3, 0.4) is 0 Å². The van der Waals surface area contributed by atoms with E-state index in [0.29, 0.717) is 6.54 Å². The molecular weight excluding hydrogens is 342 g/mol. The summed E-state index contributed by atoms with van der Waals surface area (Å²) in [6.45, 7) is 2.33. The smallest absolute Gasteiger partial charge is 0.325 e. The average molecular weight is 356 g/mol. The summed E-state index contributed by atoms with van der Waals surface area (Å²) in [5, 5.41) is 19.2. The van der Waals surface area contributed by atoms with Gasteiger partial charge in [0.15, 0.2) is 0 Å². The van der Waals surface area contributed by atoms with E-state index in [-0.39, 0.29) is 0 Å². The van der Waals surface area contributed by atoms with Crippen LogP contribution < -0.4 is 0 Å². The first-order chi connectivity index (χ1) is 9.49. The number of hydrogen-bond donors (Lipinski definition) is 1. The summed E-state index contributed by atoms with van der Waals surface area (Å²) >= 11 is 4.88. The van der Waals surface area contributed by atoms with Gasteiger partial charge in [-0.3, -0.25) is 9.69 Å². The maximum atomic E-state index is 11.6. The third-order valence-electron chi connectivity index (χ3n) is 2.83. The molecule has 2 aromatic rings. The van der Waals surface area contributed by atoms with E-state index in [2.05, 4.69) is 26.1 Å². The van der Waals surface area contributed by atoms with Gasteiger partial charge >= 0.3 is 5.97 Å².